The number of carbonyl (C=O) groups is 7. The SMILES string of the molecule is Cc1ccccc1C[C@H](NC(=O)[C@H](CCC(=O)O)NC(=O)[C@@H](N)CC(=O)O)C(=O)N(C(=O)CCC(=O)O)[C@H]([C]=O)C(C)(C)C. The Labute approximate surface area is 254 Å². The van der Waals surface area contributed by atoms with Crippen molar-refractivity contribution in [2.45, 2.75) is 90.4 Å². The van der Waals surface area contributed by atoms with Crippen molar-refractivity contribution in [1.29, 1.82) is 0 Å². The number of amides is 4. The summed E-state index contributed by atoms with van der Waals surface area (Å²) in [6.45, 7) is 6.39. The van der Waals surface area contributed by atoms with Crippen LogP contribution in [0.2, 0.25) is 0 Å². The van der Waals surface area contributed by atoms with Crippen molar-refractivity contribution in [2.75, 3.05) is 0 Å². The third-order valence-corrected chi connectivity index (χ3v) is 6.56. The molecule has 1 radical (unpaired) electrons. The van der Waals surface area contributed by atoms with E-state index >= 15 is 0 Å². The lowest BCUT2D eigenvalue weighted by molar-refractivity contribution is -0.152. The molecule has 4 amide bonds. The van der Waals surface area contributed by atoms with Crippen molar-refractivity contribution < 1.29 is 53.7 Å². The Morgan fingerprint density at radius 2 is 1.43 bits per heavy atom. The molecule has 0 aromatic heterocycles. The van der Waals surface area contributed by atoms with Crippen molar-refractivity contribution >= 4 is 47.8 Å². The number of imide groups is 1. The summed E-state index contributed by atoms with van der Waals surface area (Å²) >= 11 is 0. The Kier molecular flexibility index (Phi) is 14.3. The van der Waals surface area contributed by atoms with Gasteiger partial charge in [0.1, 0.15) is 18.1 Å². The molecule has 0 spiro atoms. The van der Waals surface area contributed by atoms with Crippen molar-refractivity contribution in [2.24, 2.45) is 11.1 Å². The Morgan fingerprint density at radius 3 is 1.93 bits per heavy atom. The molecule has 0 aliphatic carbocycles. The van der Waals surface area contributed by atoms with E-state index in [2.05, 4.69) is 10.6 Å². The molecule has 4 atom stereocenters. The minimum atomic E-state index is -1.59. The number of carbonyl (C=O) groups excluding carboxylic acids is 5. The number of benzene rings is 1. The summed E-state index contributed by atoms with van der Waals surface area (Å²) in [5, 5.41) is 31.9. The van der Waals surface area contributed by atoms with Crippen molar-refractivity contribution in [1.82, 2.24) is 15.5 Å². The maximum absolute atomic E-state index is 14.1. The van der Waals surface area contributed by atoms with Crippen LogP contribution in [0.3, 0.4) is 0 Å². The van der Waals surface area contributed by atoms with Crippen LogP contribution in [0.25, 0.3) is 0 Å². The highest BCUT2D eigenvalue weighted by molar-refractivity contribution is 6.03. The number of nitrogens with one attached hydrogen (secondary N) is 2. The first-order valence-corrected chi connectivity index (χ1v) is 13.7. The molecule has 0 heterocycles. The first kappa shape index (κ1) is 37.4. The Balaban J connectivity index is 3.59. The quantitative estimate of drug-likeness (QED) is 0.134. The fourth-order valence-corrected chi connectivity index (χ4v) is 4.14. The molecule has 1 aromatic carbocycles. The number of carboxylic acids is 3. The molecular weight excluding hydrogens is 580 g/mol. The second-order valence-corrected chi connectivity index (χ2v) is 11.3. The number of carboxylic acid groups (broad SMARTS) is 3. The molecule has 15 heteroatoms. The van der Waals surface area contributed by atoms with E-state index in [1.54, 1.807) is 58.2 Å². The normalized spacial score (nSPS) is 13.8. The molecule has 44 heavy (non-hydrogen) atoms. The van der Waals surface area contributed by atoms with Crippen LogP contribution in [-0.4, -0.2) is 92.2 Å². The zero-order chi connectivity index (χ0) is 33.8. The van der Waals surface area contributed by atoms with Gasteiger partial charge < -0.3 is 31.7 Å². The van der Waals surface area contributed by atoms with Gasteiger partial charge in [0, 0.05) is 19.3 Å². The number of hydrogen-bond acceptors (Lipinski definition) is 9. The van der Waals surface area contributed by atoms with Crippen LogP contribution >= 0.6 is 0 Å². The molecule has 0 saturated carbocycles. The molecule has 0 saturated heterocycles. The topological polar surface area (TPSA) is 251 Å². The second kappa shape index (κ2) is 16.8. The molecular formula is C29H39N4O11. The van der Waals surface area contributed by atoms with E-state index in [4.69, 9.17) is 21.1 Å². The molecule has 0 aliphatic heterocycles. The average molecular weight is 620 g/mol. The predicted molar refractivity (Wildman–Crippen MR) is 154 cm³/mol. The molecule has 241 valence electrons. The van der Waals surface area contributed by atoms with E-state index in [9.17, 15) is 38.4 Å². The van der Waals surface area contributed by atoms with E-state index in [1.165, 1.54) is 0 Å². The third kappa shape index (κ3) is 11.9. The summed E-state index contributed by atoms with van der Waals surface area (Å²) in [4.78, 5) is 99.4. The molecule has 7 N–H and O–H groups in total. The standard InChI is InChI=1S/C29H39N4O11/c1-16-7-5-6-8-17(16)13-20(28(44)33(21(15-34)29(2,3)4)22(35)10-12-24(38)39)32-27(43)19(9-11-23(36)37)31-26(42)18(30)14-25(40)41/h5-8,18-21H,9-14,30H2,1-4H3,(H,31,42)(H,32,43)(H,36,37)(H,38,39)(H,40,41)/t18-,19-,20-,21+/m0/s1. The van der Waals surface area contributed by atoms with Gasteiger partial charge in [0.25, 0.3) is 5.91 Å². The summed E-state index contributed by atoms with van der Waals surface area (Å²) in [5.74, 6) is -8.20. The lowest BCUT2D eigenvalue weighted by Crippen LogP contribution is -2.60. The van der Waals surface area contributed by atoms with Crippen LogP contribution in [0.5, 0.6) is 0 Å². The fourth-order valence-electron chi connectivity index (χ4n) is 4.14. The fraction of sp³-hybridized carbons (Fsp3) is 0.517. The predicted octanol–water partition coefficient (Wildman–Crippen LogP) is -0.0817. The maximum Gasteiger partial charge on any atom is 0.305 e. The van der Waals surface area contributed by atoms with Gasteiger partial charge in [0.15, 0.2) is 0 Å². The van der Waals surface area contributed by atoms with Crippen LogP contribution < -0.4 is 16.4 Å². The zero-order valence-corrected chi connectivity index (χ0v) is 25.0. The highest BCUT2D eigenvalue weighted by Crippen LogP contribution is 2.25. The van der Waals surface area contributed by atoms with Gasteiger partial charge in [0.2, 0.25) is 24.0 Å². The van der Waals surface area contributed by atoms with E-state index in [0.717, 1.165) is 0 Å². The molecule has 1 aromatic rings. The van der Waals surface area contributed by atoms with Crippen LogP contribution in [0.15, 0.2) is 24.3 Å². The van der Waals surface area contributed by atoms with Crippen molar-refractivity contribution in [3.05, 3.63) is 35.4 Å². The van der Waals surface area contributed by atoms with E-state index < -0.39 is 103 Å². The Bertz CT molecular complexity index is 1260. The Morgan fingerprint density at radius 1 is 0.864 bits per heavy atom. The van der Waals surface area contributed by atoms with Gasteiger partial charge in [-0.2, -0.15) is 0 Å². The molecule has 0 aliphatic rings. The Hall–Kier alpha value is -4.66. The van der Waals surface area contributed by atoms with E-state index in [0.29, 0.717) is 16.0 Å². The summed E-state index contributed by atoms with van der Waals surface area (Å²) in [6.07, 6.45) is -1.67. The zero-order valence-electron chi connectivity index (χ0n) is 25.0. The third-order valence-electron chi connectivity index (χ3n) is 6.56. The first-order chi connectivity index (χ1) is 20.4. The summed E-state index contributed by atoms with van der Waals surface area (Å²) in [5.41, 5.74) is 5.79. The van der Waals surface area contributed by atoms with Gasteiger partial charge in [-0.15, -0.1) is 0 Å². The van der Waals surface area contributed by atoms with Gasteiger partial charge >= 0.3 is 17.9 Å². The molecule has 0 bridgehead atoms. The number of aliphatic carboxylic acids is 3. The van der Waals surface area contributed by atoms with Gasteiger partial charge in [0.05, 0.1) is 18.9 Å². The average Bonchev–Trinajstić information content (AvgIpc) is 2.91. The number of nitrogens with two attached hydrogens (primary N) is 1. The van der Waals surface area contributed by atoms with Gasteiger partial charge in [-0.05, 0) is 29.9 Å². The highest BCUT2D eigenvalue weighted by atomic mass is 16.4. The molecule has 1 rings (SSSR count). The lowest BCUT2D eigenvalue weighted by Gasteiger charge is -2.37. The second-order valence-electron chi connectivity index (χ2n) is 11.3. The van der Waals surface area contributed by atoms with Gasteiger partial charge in [-0.25, -0.2) is 0 Å². The number of nitrogens with zero attached hydrogens (tertiary/aromatic N) is 1. The van der Waals surface area contributed by atoms with Crippen LogP contribution in [-0.2, 0) is 44.8 Å². The van der Waals surface area contributed by atoms with Crippen LogP contribution in [0.1, 0.15) is 64.0 Å². The monoisotopic (exact) mass is 619 g/mol. The van der Waals surface area contributed by atoms with Crippen LogP contribution in [0.4, 0.5) is 0 Å². The molecule has 0 unspecified atom stereocenters. The molecule has 15 nitrogen and oxygen atoms in total. The minimum absolute atomic E-state index is 0.214. The van der Waals surface area contributed by atoms with E-state index in [1.807, 2.05) is 0 Å². The first-order valence-electron chi connectivity index (χ1n) is 13.7. The van der Waals surface area contributed by atoms with Crippen molar-refractivity contribution in [3.8, 4) is 0 Å². The number of aryl methyl sites for hydroxylation is 1. The summed E-state index contributed by atoms with van der Waals surface area (Å²) in [7, 11) is 0. The minimum Gasteiger partial charge on any atom is -0.481 e. The highest BCUT2D eigenvalue weighted by Gasteiger charge is 2.41. The summed E-state index contributed by atoms with van der Waals surface area (Å²) in [6, 6.07) is 0.568. The van der Waals surface area contributed by atoms with Gasteiger partial charge in [-0.1, -0.05) is 45.0 Å². The molecule has 0 fully saturated rings. The van der Waals surface area contributed by atoms with Gasteiger partial charge in [-0.3, -0.25) is 43.3 Å². The van der Waals surface area contributed by atoms with Crippen LogP contribution in [0, 0.1) is 12.3 Å². The lowest BCUT2D eigenvalue weighted by atomic mass is 9.85. The van der Waals surface area contributed by atoms with E-state index in [-0.39, 0.29) is 6.42 Å². The number of rotatable bonds is 17. The van der Waals surface area contributed by atoms with Crippen molar-refractivity contribution in [3.63, 3.8) is 0 Å². The largest absolute Gasteiger partial charge is 0.481 e. The smallest absolute Gasteiger partial charge is 0.305 e. The summed E-state index contributed by atoms with van der Waals surface area (Å²) < 4.78 is 0. The maximum atomic E-state index is 14.1. The number of hydrogen-bond donors (Lipinski definition) is 6.